The highest BCUT2D eigenvalue weighted by molar-refractivity contribution is 6.07. The molecular weight excluding hydrogens is 462 g/mol. The number of amides is 1. The van der Waals surface area contributed by atoms with E-state index >= 15 is 0 Å². The van der Waals surface area contributed by atoms with Crippen LogP contribution in [-0.2, 0) is 6.42 Å². The number of benzene rings is 3. The van der Waals surface area contributed by atoms with Gasteiger partial charge in [-0.3, -0.25) is 4.79 Å². The van der Waals surface area contributed by atoms with Crippen molar-refractivity contribution in [2.75, 3.05) is 6.79 Å². The van der Waals surface area contributed by atoms with E-state index in [0.29, 0.717) is 11.5 Å². The van der Waals surface area contributed by atoms with Gasteiger partial charge in [0.05, 0.1) is 16.8 Å². The van der Waals surface area contributed by atoms with E-state index in [1.54, 1.807) is 6.21 Å². The fourth-order valence-corrected chi connectivity index (χ4v) is 4.49. The van der Waals surface area contributed by atoms with Gasteiger partial charge in [0.2, 0.25) is 6.79 Å². The molecule has 0 bridgehead atoms. The first-order valence-electron chi connectivity index (χ1n) is 12.6. The number of hydrogen-bond acceptors (Lipinski definition) is 5. The predicted octanol–water partition coefficient (Wildman–Crippen LogP) is 6.66. The average molecular weight is 494 g/mol. The van der Waals surface area contributed by atoms with Crippen LogP contribution in [0.1, 0.15) is 53.7 Å². The number of hydrazone groups is 1. The maximum atomic E-state index is 13.3. The molecular formula is C31H31N3O3. The molecule has 4 aromatic rings. The molecule has 5 rings (SSSR count). The molecule has 1 N–H and O–H groups in total. The Kier molecular flexibility index (Phi) is 6.91. The van der Waals surface area contributed by atoms with Crippen molar-refractivity contribution in [3.05, 3.63) is 89.0 Å². The largest absolute Gasteiger partial charge is 0.454 e. The lowest BCUT2D eigenvalue weighted by molar-refractivity contribution is 0.0956. The van der Waals surface area contributed by atoms with Gasteiger partial charge in [0.25, 0.3) is 5.91 Å². The van der Waals surface area contributed by atoms with Crippen LogP contribution in [-0.4, -0.2) is 23.9 Å². The van der Waals surface area contributed by atoms with E-state index in [4.69, 9.17) is 14.5 Å². The van der Waals surface area contributed by atoms with Crippen molar-refractivity contribution < 1.29 is 14.3 Å². The molecule has 3 aromatic carbocycles. The first-order chi connectivity index (χ1) is 17.9. The molecule has 1 atom stereocenters. The topological polar surface area (TPSA) is 72.8 Å². The minimum Gasteiger partial charge on any atom is -0.454 e. The SMILES string of the molecule is Cc1ccc2nc(-c3ccc(C(C)C)cc3)cc(C(=O)NN=CC(C)Cc3ccc4c(c3)OCO4)c2c1. The van der Waals surface area contributed by atoms with Gasteiger partial charge in [0.1, 0.15) is 0 Å². The van der Waals surface area contributed by atoms with Crippen LogP contribution in [0, 0.1) is 12.8 Å². The number of fused-ring (bicyclic) bond motifs is 2. The van der Waals surface area contributed by atoms with Crippen LogP contribution < -0.4 is 14.9 Å². The molecule has 1 unspecified atom stereocenters. The average Bonchev–Trinajstić information content (AvgIpc) is 3.36. The van der Waals surface area contributed by atoms with Crippen LogP contribution >= 0.6 is 0 Å². The normalized spacial score (nSPS) is 13.4. The van der Waals surface area contributed by atoms with Crippen molar-refractivity contribution in [1.82, 2.24) is 10.4 Å². The van der Waals surface area contributed by atoms with Crippen molar-refractivity contribution in [2.24, 2.45) is 11.0 Å². The molecule has 0 aliphatic carbocycles. The highest BCUT2D eigenvalue weighted by atomic mass is 16.7. The van der Waals surface area contributed by atoms with Gasteiger partial charge in [0, 0.05) is 17.2 Å². The number of nitrogens with one attached hydrogen (secondary N) is 1. The van der Waals surface area contributed by atoms with Crippen molar-refractivity contribution >= 4 is 23.0 Å². The molecule has 0 saturated heterocycles. The van der Waals surface area contributed by atoms with Crippen molar-refractivity contribution in [1.29, 1.82) is 0 Å². The maximum Gasteiger partial charge on any atom is 0.272 e. The minimum absolute atomic E-state index is 0.118. The lowest BCUT2D eigenvalue weighted by Gasteiger charge is -2.11. The number of ether oxygens (including phenoxy) is 2. The summed E-state index contributed by atoms with van der Waals surface area (Å²) in [7, 11) is 0. The lowest BCUT2D eigenvalue weighted by atomic mass is 9.99. The number of carbonyl (C=O) groups is 1. The Morgan fingerprint density at radius 3 is 2.57 bits per heavy atom. The van der Waals surface area contributed by atoms with Crippen molar-refractivity contribution in [3.63, 3.8) is 0 Å². The highest BCUT2D eigenvalue weighted by Crippen LogP contribution is 2.33. The standard InChI is InChI=1S/C31H31N3O3/c1-19(2)23-7-9-24(10-8-23)28-16-26(25-14-20(3)5-11-27(25)33-28)31(35)34-32-17-21(4)13-22-6-12-29-30(15-22)37-18-36-29/h5-12,14-17,19,21H,13,18H2,1-4H3,(H,34,35). The summed E-state index contributed by atoms with van der Waals surface area (Å²) < 4.78 is 10.8. The van der Waals surface area contributed by atoms with E-state index in [2.05, 4.69) is 55.6 Å². The lowest BCUT2D eigenvalue weighted by Crippen LogP contribution is -2.19. The summed E-state index contributed by atoms with van der Waals surface area (Å²) in [6, 6.07) is 22.1. The second-order valence-electron chi connectivity index (χ2n) is 9.94. The van der Waals surface area contributed by atoms with Gasteiger partial charge < -0.3 is 9.47 Å². The molecule has 188 valence electrons. The fraction of sp³-hybridized carbons (Fsp3) is 0.258. The Morgan fingerprint density at radius 2 is 1.78 bits per heavy atom. The third kappa shape index (κ3) is 5.48. The van der Waals surface area contributed by atoms with E-state index < -0.39 is 0 Å². The molecule has 6 heteroatoms. The molecule has 1 amide bonds. The molecule has 0 radical (unpaired) electrons. The molecule has 37 heavy (non-hydrogen) atoms. The van der Waals surface area contributed by atoms with Gasteiger partial charge in [0.15, 0.2) is 11.5 Å². The Labute approximate surface area is 217 Å². The molecule has 1 aromatic heterocycles. The fourth-order valence-electron chi connectivity index (χ4n) is 4.49. The van der Waals surface area contributed by atoms with Crippen LogP contribution in [0.5, 0.6) is 11.5 Å². The second-order valence-corrected chi connectivity index (χ2v) is 9.94. The maximum absolute atomic E-state index is 13.3. The van der Waals surface area contributed by atoms with Crippen LogP contribution in [0.15, 0.2) is 71.8 Å². The molecule has 0 saturated carbocycles. The van der Waals surface area contributed by atoms with Crippen molar-refractivity contribution in [3.8, 4) is 22.8 Å². The Hall–Kier alpha value is -4.19. The third-order valence-corrected chi connectivity index (χ3v) is 6.57. The van der Waals surface area contributed by atoms with E-state index in [9.17, 15) is 4.79 Å². The van der Waals surface area contributed by atoms with Crippen LogP contribution in [0.2, 0.25) is 0 Å². The second kappa shape index (κ2) is 10.4. The molecule has 2 heterocycles. The van der Waals surface area contributed by atoms with Gasteiger partial charge in [-0.05, 0) is 66.6 Å². The molecule has 0 fully saturated rings. The Morgan fingerprint density at radius 1 is 1.00 bits per heavy atom. The molecule has 6 nitrogen and oxygen atoms in total. The van der Waals surface area contributed by atoms with E-state index in [1.807, 2.05) is 49.4 Å². The first-order valence-corrected chi connectivity index (χ1v) is 12.6. The molecule has 1 aliphatic rings. The van der Waals surface area contributed by atoms with E-state index in [0.717, 1.165) is 51.2 Å². The smallest absolute Gasteiger partial charge is 0.272 e. The summed E-state index contributed by atoms with van der Waals surface area (Å²) in [6.45, 7) is 8.67. The number of aromatic nitrogens is 1. The van der Waals surface area contributed by atoms with Crippen LogP contribution in [0.3, 0.4) is 0 Å². The number of nitrogens with zero attached hydrogens (tertiary/aromatic N) is 2. The quantitative estimate of drug-likeness (QED) is 0.231. The van der Waals surface area contributed by atoms with Crippen LogP contribution in [0.4, 0.5) is 0 Å². The number of aryl methyl sites for hydroxylation is 1. The van der Waals surface area contributed by atoms with Gasteiger partial charge >= 0.3 is 0 Å². The highest BCUT2D eigenvalue weighted by Gasteiger charge is 2.16. The number of rotatable bonds is 7. The molecule has 1 aliphatic heterocycles. The summed E-state index contributed by atoms with van der Waals surface area (Å²) in [5.74, 6) is 1.85. The third-order valence-electron chi connectivity index (χ3n) is 6.57. The predicted molar refractivity (Wildman–Crippen MR) is 147 cm³/mol. The summed E-state index contributed by atoms with van der Waals surface area (Å²) in [4.78, 5) is 18.1. The number of hydrogen-bond donors (Lipinski definition) is 1. The number of pyridine rings is 1. The minimum atomic E-state index is -0.260. The monoisotopic (exact) mass is 493 g/mol. The zero-order valence-electron chi connectivity index (χ0n) is 21.6. The zero-order chi connectivity index (χ0) is 25.9. The van der Waals surface area contributed by atoms with E-state index in [-0.39, 0.29) is 18.6 Å². The summed E-state index contributed by atoms with van der Waals surface area (Å²) in [5.41, 5.74) is 9.25. The number of carbonyl (C=O) groups excluding carboxylic acids is 1. The molecule has 0 spiro atoms. The van der Waals surface area contributed by atoms with Gasteiger partial charge in [-0.1, -0.05) is 62.7 Å². The van der Waals surface area contributed by atoms with Gasteiger partial charge in [-0.25, -0.2) is 10.4 Å². The Balaban J connectivity index is 1.35. The summed E-state index contributed by atoms with van der Waals surface area (Å²) in [6.07, 6.45) is 2.53. The van der Waals surface area contributed by atoms with E-state index in [1.165, 1.54) is 5.56 Å². The van der Waals surface area contributed by atoms with Gasteiger partial charge in [-0.2, -0.15) is 5.10 Å². The first kappa shape index (κ1) is 24.5. The summed E-state index contributed by atoms with van der Waals surface area (Å²) >= 11 is 0. The van der Waals surface area contributed by atoms with Crippen molar-refractivity contribution in [2.45, 2.75) is 40.0 Å². The summed E-state index contributed by atoms with van der Waals surface area (Å²) in [5, 5.41) is 5.09. The van der Waals surface area contributed by atoms with Crippen LogP contribution in [0.25, 0.3) is 22.2 Å². The zero-order valence-corrected chi connectivity index (χ0v) is 21.6. The van der Waals surface area contributed by atoms with Gasteiger partial charge in [-0.15, -0.1) is 0 Å². The Bertz CT molecular complexity index is 1480.